The first-order valence-corrected chi connectivity index (χ1v) is 6.58. The van der Waals surface area contributed by atoms with Crippen LogP contribution in [0.3, 0.4) is 0 Å². The third kappa shape index (κ3) is 3.03. The maximum Gasteiger partial charge on any atom is 0.116 e. The van der Waals surface area contributed by atoms with Crippen LogP contribution in [0.2, 0.25) is 0 Å². The first kappa shape index (κ1) is 11.6. The Kier molecular flexibility index (Phi) is 3.91. The van der Waals surface area contributed by atoms with Crippen molar-refractivity contribution in [2.75, 3.05) is 0 Å². The molecule has 0 spiro atoms. The molecule has 0 unspecified atom stereocenters. The van der Waals surface area contributed by atoms with E-state index in [2.05, 4.69) is 41.2 Å². The van der Waals surface area contributed by atoms with E-state index in [9.17, 15) is 0 Å². The van der Waals surface area contributed by atoms with Crippen molar-refractivity contribution in [1.29, 1.82) is 0 Å². The van der Waals surface area contributed by atoms with E-state index in [1.54, 1.807) is 18.0 Å². The van der Waals surface area contributed by atoms with Crippen LogP contribution in [-0.4, -0.2) is 9.97 Å². The van der Waals surface area contributed by atoms with Crippen LogP contribution in [0.4, 0.5) is 0 Å². The minimum absolute atomic E-state index is 0.488. The van der Waals surface area contributed by atoms with E-state index in [1.165, 1.54) is 10.5 Å². The van der Waals surface area contributed by atoms with Crippen LogP contribution in [0.5, 0.6) is 0 Å². The summed E-state index contributed by atoms with van der Waals surface area (Å²) in [6.07, 6.45) is 1.79. The number of aromatic amines is 1. The number of imidazole rings is 1. The van der Waals surface area contributed by atoms with Crippen LogP contribution in [0.25, 0.3) is 0 Å². The lowest BCUT2D eigenvalue weighted by molar-refractivity contribution is 1.10. The molecule has 0 fully saturated rings. The predicted molar refractivity (Wildman–Crippen MR) is 68.9 cm³/mol. The van der Waals surface area contributed by atoms with Gasteiger partial charge in [-0.15, -0.1) is 23.4 Å². The summed E-state index contributed by atoms with van der Waals surface area (Å²) in [6.45, 7) is 2.09. The van der Waals surface area contributed by atoms with Crippen molar-refractivity contribution >= 4 is 23.4 Å². The summed E-state index contributed by atoms with van der Waals surface area (Å²) in [5.74, 6) is 2.31. The normalized spacial score (nSPS) is 10.6. The fourth-order valence-corrected chi connectivity index (χ4v) is 2.25. The topological polar surface area (TPSA) is 28.7 Å². The lowest BCUT2D eigenvalue weighted by Crippen LogP contribution is -1.84. The van der Waals surface area contributed by atoms with Crippen molar-refractivity contribution in [1.82, 2.24) is 9.97 Å². The second-order valence-electron chi connectivity index (χ2n) is 3.59. The van der Waals surface area contributed by atoms with E-state index < -0.39 is 0 Å². The Hall–Kier alpha value is -0.930. The highest BCUT2D eigenvalue weighted by Crippen LogP contribution is 2.21. The van der Waals surface area contributed by atoms with Crippen molar-refractivity contribution in [2.45, 2.75) is 23.5 Å². The summed E-state index contributed by atoms with van der Waals surface area (Å²) in [7, 11) is 0. The van der Waals surface area contributed by atoms with E-state index in [1.807, 2.05) is 0 Å². The summed E-state index contributed by atoms with van der Waals surface area (Å²) in [4.78, 5) is 8.70. The molecular weight excluding hydrogens is 240 g/mol. The van der Waals surface area contributed by atoms with E-state index in [-0.39, 0.29) is 0 Å². The molecule has 4 heteroatoms. The van der Waals surface area contributed by atoms with Crippen LogP contribution >= 0.6 is 23.4 Å². The Morgan fingerprint density at radius 1 is 1.31 bits per heavy atom. The fraction of sp³-hybridized carbons (Fsp3) is 0.250. The second-order valence-corrected chi connectivity index (χ2v) is 4.91. The molecule has 16 heavy (non-hydrogen) atoms. The smallest absolute Gasteiger partial charge is 0.116 e. The fourth-order valence-electron chi connectivity index (χ4n) is 1.33. The zero-order chi connectivity index (χ0) is 11.4. The van der Waals surface area contributed by atoms with Gasteiger partial charge in [0.1, 0.15) is 5.82 Å². The van der Waals surface area contributed by atoms with Crippen molar-refractivity contribution in [2.24, 2.45) is 0 Å². The number of aryl methyl sites for hydroxylation is 1. The average molecular weight is 253 g/mol. The summed E-state index contributed by atoms with van der Waals surface area (Å²) >= 11 is 7.47. The van der Waals surface area contributed by atoms with Crippen LogP contribution in [0, 0.1) is 6.92 Å². The predicted octanol–water partition coefficient (Wildman–Crippen LogP) is 3.75. The van der Waals surface area contributed by atoms with Crippen molar-refractivity contribution in [3.05, 3.63) is 47.5 Å². The van der Waals surface area contributed by atoms with Gasteiger partial charge in [-0.3, -0.25) is 0 Å². The number of aromatic nitrogens is 2. The number of rotatable bonds is 4. The third-order valence-corrected chi connectivity index (χ3v) is 3.53. The zero-order valence-electron chi connectivity index (χ0n) is 9.03. The van der Waals surface area contributed by atoms with Crippen molar-refractivity contribution in [3.63, 3.8) is 0 Å². The molecular formula is C12H13ClN2S. The number of benzene rings is 1. The van der Waals surface area contributed by atoms with Gasteiger partial charge in [0.15, 0.2) is 0 Å². The minimum atomic E-state index is 0.488. The highest BCUT2D eigenvalue weighted by Gasteiger charge is 2.00. The molecule has 0 saturated carbocycles. The van der Waals surface area contributed by atoms with E-state index in [0.29, 0.717) is 5.88 Å². The minimum Gasteiger partial charge on any atom is -0.344 e. The number of halogens is 1. The number of nitrogens with one attached hydrogen (secondary N) is 1. The van der Waals surface area contributed by atoms with Crippen LogP contribution in [-0.2, 0) is 11.6 Å². The molecule has 2 rings (SSSR count). The lowest BCUT2D eigenvalue weighted by Gasteiger charge is -1.99. The number of hydrogen-bond acceptors (Lipinski definition) is 2. The van der Waals surface area contributed by atoms with Gasteiger partial charge >= 0.3 is 0 Å². The zero-order valence-corrected chi connectivity index (χ0v) is 10.6. The molecule has 0 atom stereocenters. The Labute approximate surface area is 104 Å². The average Bonchev–Trinajstić information content (AvgIpc) is 2.76. The highest BCUT2D eigenvalue weighted by atomic mass is 35.5. The summed E-state index contributed by atoms with van der Waals surface area (Å²) in [6, 6.07) is 8.50. The molecule has 1 aromatic carbocycles. The number of H-pyrrole nitrogens is 1. The standard InChI is InChI=1S/C12H13ClN2S/c1-9-2-4-11(5-3-9)16-8-12-14-7-10(6-13)15-12/h2-5,7H,6,8H2,1H3,(H,14,15). The summed E-state index contributed by atoms with van der Waals surface area (Å²) in [5, 5.41) is 0. The molecule has 2 aromatic rings. The Balaban J connectivity index is 1.94. The molecule has 0 radical (unpaired) electrons. The molecule has 0 aliphatic carbocycles. The molecule has 0 aliphatic rings. The molecule has 84 valence electrons. The second kappa shape index (κ2) is 5.41. The van der Waals surface area contributed by atoms with Crippen LogP contribution in [0.1, 0.15) is 17.1 Å². The monoisotopic (exact) mass is 252 g/mol. The molecule has 0 saturated heterocycles. The van der Waals surface area contributed by atoms with E-state index in [4.69, 9.17) is 11.6 Å². The molecule has 0 aliphatic heterocycles. The van der Waals surface area contributed by atoms with Gasteiger partial charge in [0.25, 0.3) is 0 Å². The van der Waals surface area contributed by atoms with E-state index in [0.717, 1.165) is 17.3 Å². The number of alkyl halides is 1. The first-order chi connectivity index (χ1) is 7.78. The number of hydrogen-bond donors (Lipinski definition) is 1. The molecule has 0 bridgehead atoms. The van der Waals surface area contributed by atoms with Crippen LogP contribution in [0.15, 0.2) is 35.4 Å². The van der Waals surface area contributed by atoms with Gasteiger partial charge in [-0.25, -0.2) is 4.98 Å². The first-order valence-electron chi connectivity index (χ1n) is 5.06. The summed E-state index contributed by atoms with van der Waals surface area (Å²) in [5.41, 5.74) is 2.26. The quantitative estimate of drug-likeness (QED) is 0.663. The van der Waals surface area contributed by atoms with Crippen LogP contribution < -0.4 is 0 Å². The Morgan fingerprint density at radius 3 is 2.69 bits per heavy atom. The molecule has 0 amide bonds. The molecule has 1 N–H and O–H groups in total. The number of thioether (sulfide) groups is 1. The maximum absolute atomic E-state index is 5.70. The van der Waals surface area contributed by atoms with E-state index >= 15 is 0 Å². The number of nitrogens with zero attached hydrogens (tertiary/aromatic N) is 1. The van der Waals surface area contributed by atoms with Gasteiger partial charge in [0.2, 0.25) is 0 Å². The molecule has 1 heterocycles. The van der Waals surface area contributed by atoms with Gasteiger partial charge in [-0.05, 0) is 19.1 Å². The molecule has 1 aromatic heterocycles. The van der Waals surface area contributed by atoms with Gasteiger partial charge in [-0.1, -0.05) is 17.7 Å². The lowest BCUT2D eigenvalue weighted by atomic mass is 10.2. The largest absolute Gasteiger partial charge is 0.344 e. The molecule has 2 nitrogen and oxygen atoms in total. The van der Waals surface area contributed by atoms with Gasteiger partial charge in [-0.2, -0.15) is 0 Å². The SMILES string of the molecule is Cc1ccc(SCc2ncc(CCl)[nH]2)cc1. The van der Waals surface area contributed by atoms with Crippen molar-refractivity contribution < 1.29 is 0 Å². The summed E-state index contributed by atoms with van der Waals surface area (Å²) < 4.78 is 0. The van der Waals surface area contributed by atoms with Crippen molar-refractivity contribution in [3.8, 4) is 0 Å². The maximum atomic E-state index is 5.70. The van der Waals surface area contributed by atoms with Gasteiger partial charge < -0.3 is 4.98 Å². The third-order valence-electron chi connectivity index (χ3n) is 2.22. The Bertz CT molecular complexity index is 450. The Morgan fingerprint density at radius 2 is 2.06 bits per heavy atom. The van der Waals surface area contributed by atoms with Gasteiger partial charge in [0.05, 0.1) is 11.6 Å². The highest BCUT2D eigenvalue weighted by molar-refractivity contribution is 7.98. The van der Waals surface area contributed by atoms with Gasteiger partial charge in [0, 0.05) is 16.8 Å².